The molecule has 1 amide bonds. The summed E-state index contributed by atoms with van der Waals surface area (Å²) in [6, 6.07) is 1.45. The summed E-state index contributed by atoms with van der Waals surface area (Å²) in [5.74, 6) is 0.749. The summed E-state index contributed by atoms with van der Waals surface area (Å²) in [4.78, 5) is 24.8. The first-order valence-electron chi connectivity index (χ1n) is 7.98. The summed E-state index contributed by atoms with van der Waals surface area (Å²) in [7, 11) is 0. The summed E-state index contributed by atoms with van der Waals surface area (Å²) in [6.07, 6.45) is 5.20. The minimum absolute atomic E-state index is 0.0434. The average molecular weight is 306 g/mol. The lowest BCUT2D eigenvalue weighted by molar-refractivity contribution is -0.122. The lowest BCUT2D eigenvalue weighted by Crippen LogP contribution is -2.50. The van der Waals surface area contributed by atoms with Gasteiger partial charge in [-0.1, -0.05) is 13.3 Å². The van der Waals surface area contributed by atoms with Gasteiger partial charge in [-0.05, 0) is 12.5 Å². The largest absolute Gasteiger partial charge is 0.353 e. The number of aromatic nitrogens is 2. The maximum absolute atomic E-state index is 11.7. The Hall–Kier alpha value is -1.73. The van der Waals surface area contributed by atoms with Crippen molar-refractivity contribution < 1.29 is 4.79 Å². The van der Waals surface area contributed by atoms with Gasteiger partial charge in [-0.25, -0.2) is 9.97 Å². The molecule has 122 valence electrons. The van der Waals surface area contributed by atoms with E-state index in [1.54, 1.807) is 12.4 Å². The van der Waals surface area contributed by atoms with E-state index in [0.717, 1.165) is 51.5 Å². The molecule has 1 aliphatic heterocycles. The number of nitrogens with zero attached hydrogens (tertiary/aromatic N) is 4. The summed E-state index contributed by atoms with van der Waals surface area (Å²) in [5.41, 5.74) is 5.78. The van der Waals surface area contributed by atoms with Crippen molar-refractivity contribution in [1.29, 1.82) is 0 Å². The average Bonchev–Trinajstić information content (AvgIpc) is 2.56. The zero-order valence-electron chi connectivity index (χ0n) is 13.2. The van der Waals surface area contributed by atoms with Crippen LogP contribution in [0.1, 0.15) is 19.8 Å². The molecule has 2 rings (SSSR count). The van der Waals surface area contributed by atoms with Crippen LogP contribution in [0.2, 0.25) is 0 Å². The van der Waals surface area contributed by atoms with Gasteiger partial charge >= 0.3 is 0 Å². The predicted molar refractivity (Wildman–Crippen MR) is 86.6 cm³/mol. The number of nitrogens with one attached hydrogen (secondary N) is 1. The molecule has 7 nitrogen and oxygen atoms in total. The molecule has 1 aromatic heterocycles. The standard InChI is InChI=1S/C15H26N6O/c1-2-4-13(16)14(22)17-7-8-20-9-11-21(12-10-20)15-18-5-3-6-19-15/h3,5-6,13H,2,4,7-12,16H2,1H3,(H,17,22). The fourth-order valence-electron chi connectivity index (χ4n) is 2.54. The zero-order chi connectivity index (χ0) is 15.8. The molecule has 1 aliphatic rings. The van der Waals surface area contributed by atoms with Crippen molar-refractivity contribution in [2.45, 2.75) is 25.8 Å². The van der Waals surface area contributed by atoms with Crippen LogP contribution in [-0.4, -0.2) is 66.1 Å². The fourth-order valence-corrected chi connectivity index (χ4v) is 2.54. The number of carbonyl (C=O) groups is 1. The number of nitrogens with two attached hydrogens (primary N) is 1. The van der Waals surface area contributed by atoms with E-state index in [0.29, 0.717) is 6.54 Å². The number of piperazine rings is 1. The van der Waals surface area contributed by atoms with Crippen molar-refractivity contribution in [2.24, 2.45) is 5.73 Å². The number of carbonyl (C=O) groups excluding carboxylic acids is 1. The molecule has 3 N–H and O–H groups in total. The molecule has 7 heteroatoms. The van der Waals surface area contributed by atoms with Crippen molar-refractivity contribution in [3.8, 4) is 0 Å². The molecule has 0 saturated carbocycles. The molecule has 0 spiro atoms. The number of hydrogen-bond donors (Lipinski definition) is 2. The normalized spacial score (nSPS) is 17.3. The Morgan fingerprint density at radius 1 is 1.32 bits per heavy atom. The van der Waals surface area contributed by atoms with Crippen molar-refractivity contribution in [1.82, 2.24) is 20.2 Å². The first kappa shape index (κ1) is 16.6. The maximum atomic E-state index is 11.7. The second-order valence-electron chi connectivity index (χ2n) is 5.56. The van der Waals surface area contributed by atoms with Crippen molar-refractivity contribution in [3.05, 3.63) is 18.5 Å². The van der Waals surface area contributed by atoms with Crippen LogP contribution in [0.25, 0.3) is 0 Å². The van der Waals surface area contributed by atoms with Gasteiger partial charge in [0.05, 0.1) is 6.04 Å². The predicted octanol–water partition coefficient (Wildman–Crippen LogP) is -0.158. The third-order valence-electron chi connectivity index (χ3n) is 3.87. The van der Waals surface area contributed by atoms with Crippen LogP contribution in [0.4, 0.5) is 5.95 Å². The van der Waals surface area contributed by atoms with Gasteiger partial charge in [0, 0.05) is 51.7 Å². The van der Waals surface area contributed by atoms with E-state index in [9.17, 15) is 4.79 Å². The highest BCUT2D eigenvalue weighted by molar-refractivity contribution is 5.81. The Kier molecular flexibility index (Phi) is 6.54. The monoisotopic (exact) mass is 306 g/mol. The van der Waals surface area contributed by atoms with Crippen LogP contribution in [0.15, 0.2) is 18.5 Å². The SMILES string of the molecule is CCCC(N)C(=O)NCCN1CCN(c2ncccn2)CC1. The smallest absolute Gasteiger partial charge is 0.236 e. The van der Waals surface area contributed by atoms with E-state index >= 15 is 0 Å². The molecule has 1 saturated heterocycles. The molecule has 22 heavy (non-hydrogen) atoms. The van der Waals surface area contributed by atoms with E-state index in [2.05, 4.69) is 25.1 Å². The molecule has 0 bridgehead atoms. The number of amides is 1. The Morgan fingerprint density at radius 2 is 2.00 bits per heavy atom. The molecule has 0 radical (unpaired) electrons. The third-order valence-corrected chi connectivity index (χ3v) is 3.87. The second kappa shape index (κ2) is 8.65. The Bertz CT molecular complexity index is 447. The molecule has 1 aromatic rings. The first-order chi connectivity index (χ1) is 10.7. The van der Waals surface area contributed by atoms with Gasteiger partial charge < -0.3 is 16.0 Å². The lowest BCUT2D eigenvalue weighted by atomic mass is 10.2. The fraction of sp³-hybridized carbons (Fsp3) is 0.667. The van der Waals surface area contributed by atoms with E-state index < -0.39 is 0 Å². The van der Waals surface area contributed by atoms with Crippen LogP contribution in [0, 0.1) is 0 Å². The minimum Gasteiger partial charge on any atom is -0.353 e. The van der Waals surface area contributed by atoms with Gasteiger partial charge in [-0.3, -0.25) is 9.69 Å². The van der Waals surface area contributed by atoms with Gasteiger partial charge in [0.25, 0.3) is 0 Å². The summed E-state index contributed by atoms with van der Waals surface area (Å²) in [5, 5.41) is 2.91. The van der Waals surface area contributed by atoms with Crippen LogP contribution >= 0.6 is 0 Å². The molecule has 2 heterocycles. The Morgan fingerprint density at radius 3 is 2.64 bits per heavy atom. The van der Waals surface area contributed by atoms with E-state index in [-0.39, 0.29) is 11.9 Å². The van der Waals surface area contributed by atoms with Crippen LogP contribution in [0.5, 0.6) is 0 Å². The minimum atomic E-state index is -0.378. The third kappa shape index (κ3) is 4.92. The molecular formula is C15H26N6O. The highest BCUT2D eigenvalue weighted by Crippen LogP contribution is 2.09. The summed E-state index contributed by atoms with van der Waals surface area (Å²) in [6.45, 7) is 7.26. The number of anilines is 1. The molecule has 1 unspecified atom stereocenters. The lowest BCUT2D eigenvalue weighted by Gasteiger charge is -2.34. The van der Waals surface area contributed by atoms with Gasteiger partial charge in [0.1, 0.15) is 0 Å². The summed E-state index contributed by atoms with van der Waals surface area (Å²) < 4.78 is 0. The first-order valence-corrected chi connectivity index (χ1v) is 7.98. The highest BCUT2D eigenvalue weighted by atomic mass is 16.2. The molecule has 1 atom stereocenters. The van der Waals surface area contributed by atoms with E-state index in [1.165, 1.54) is 0 Å². The van der Waals surface area contributed by atoms with Crippen LogP contribution in [-0.2, 0) is 4.79 Å². The Balaban J connectivity index is 1.65. The van der Waals surface area contributed by atoms with Crippen molar-refractivity contribution in [2.75, 3.05) is 44.2 Å². The topological polar surface area (TPSA) is 87.4 Å². The number of rotatable bonds is 7. The van der Waals surface area contributed by atoms with Crippen LogP contribution < -0.4 is 16.0 Å². The molecule has 0 aromatic carbocycles. The van der Waals surface area contributed by atoms with Gasteiger partial charge in [0.2, 0.25) is 11.9 Å². The van der Waals surface area contributed by atoms with Crippen LogP contribution in [0.3, 0.4) is 0 Å². The van der Waals surface area contributed by atoms with E-state index in [1.807, 2.05) is 13.0 Å². The van der Waals surface area contributed by atoms with Gasteiger partial charge in [-0.2, -0.15) is 0 Å². The van der Waals surface area contributed by atoms with Gasteiger partial charge in [0.15, 0.2) is 0 Å². The number of hydrogen-bond acceptors (Lipinski definition) is 6. The molecular weight excluding hydrogens is 280 g/mol. The quantitative estimate of drug-likeness (QED) is 0.728. The highest BCUT2D eigenvalue weighted by Gasteiger charge is 2.18. The second-order valence-corrected chi connectivity index (χ2v) is 5.56. The molecule has 1 fully saturated rings. The van der Waals surface area contributed by atoms with E-state index in [4.69, 9.17) is 5.73 Å². The molecule has 0 aliphatic carbocycles. The Labute approximate surface area is 131 Å². The van der Waals surface area contributed by atoms with Crippen molar-refractivity contribution >= 4 is 11.9 Å². The summed E-state index contributed by atoms with van der Waals surface area (Å²) >= 11 is 0. The maximum Gasteiger partial charge on any atom is 0.236 e. The zero-order valence-corrected chi connectivity index (χ0v) is 13.2. The van der Waals surface area contributed by atoms with Gasteiger partial charge in [-0.15, -0.1) is 0 Å². The van der Waals surface area contributed by atoms with Crippen molar-refractivity contribution in [3.63, 3.8) is 0 Å².